The van der Waals surface area contributed by atoms with Gasteiger partial charge in [-0.25, -0.2) is 4.79 Å². The number of nitrogens with zero attached hydrogens (tertiary/aromatic N) is 3. The van der Waals surface area contributed by atoms with Crippen molar-refractivity contribution in [3.8, 4) is 11.3 Å². The van der Waals surface area contributed by atoms with Crippen LogP contribution in [-0.4, -0.2) is 29.3 Å². The number of aromatic nitrogens is 2. The van der Waals surface area contributed by atoms with Crippen molar-refractivity contribution in [1.82, 2.24) is 10.2 Å². The largest absolute Gasteiger partial charge is 0.355 e. The highest BCUT2D eigenvalue weighted by atomic mass is 16.2. The van der Waals surface area contributed by atoms with Gasteiger partial charge in [-0.1, -0.05) is 18.2 Å². The Morgan fingerprint density at radius 2 is 1.50 bits per heavy atom. The van der Waals surface area contributed by atoms with E-state index in [4.69, 9.17) is 0 Å². The highest BCUT2D eigenvalue weighted by molar-refractivity contribution is 5.99. The Bertz CT molecular complexity index is 1010. The molecule has 0 saturated carbocycles. The van der Waals surface area contributed by atoms with Crippen molar-refractivity contribution in [3.05, 3.63) is 65.7 Å². The fraction of sp³-hybridized carbons (Fsp3) is 0.292. The molecule has 3 aromatic rings. The van der Waals surface area contributed by atoms with Gasteiger partial charge in [-0.2, -0.15) is 0 Å². The molecule has 1 aliphatic heterocycles. The number of piperidine rings is 1. The fourth-order valence-corrected chi connectivity index (χ4v) is 3.61. The molecule has 154 valence electrons. The third-order valence-corrected chi connectivity index (χ3v) is 5.53. The lowest BCUT2D eigenvalue weighted by atomic mass is 10.1. The van der Waals surface area contributed by atoms with Gasteiger partial charge in [0.15, 0.2) is 5.82 Å². The predicted octanol–water partition coefficient (Wildman–Crippen LogP) is 5.39. The number of nitrogens with one attached hydrogen (secondary N) is 2. The zero-order valence-electron chi connectivity index (χ0n) is 17.5. The lowest BCUT2D eigenvalue weighted by molar-refractivity contribution is 0.262. The topological polar surface area (TPSA) is 70.2 Å². The molecule has 0 spiro atoms. The number of benzene rings is 2. The molecule has 30 heavy (non-hydrogen) atoms. The molecule has 0 unspecified atom stereocenters. The van der Waals surface area contributed by atoms with Crippen molar-refractivity contribution < 1.29 is 4.79 Å². The van der Waals surface area contributed by atoms with Gasteiger partial charge in [0.1, 0.15) is 0 Å². The van der Waals surface area contributed by atoms with Gasteiger partial charge in [0, 0.05) is 30.0 Å². The van der Waals surface area contributed by atoms with Crippen molar-refractivity contribution in [3.63, 3.8) is 0 Å². The van der Waals surface area contributed by atoms with E-state index in [2.05, 4.69) is 25.7 Å². The van der Waals surface area contributed by atoms with Crippen LogP contribution in [0.1, 0.15) is 30.4 Å². The van der Waals surface area contributed by atoms with E-state index in [-0.39, 0.29) is 6.03 Å². The number of hydrogen-bond acceptors (Lipinski definition) is 4. The van der Waals surface area contributed by atoms with Crippen molar-refractivity contribution in [2.75, 3.05) is 28.6 Å². The molecule has 2 heterocycles. The standard InChI is InChI=1S/C24H27N5O/c1-17-6-9-21(16-18(17)2)26-24(30)25-20-10-7-19(8-11-20)22-12-13-23(28-27-22)29-14-4-3-5-15-29/h6-13,16H,3-5,14-15H2,1-2H3,(H2,25,26,30). The maximum atomic E-state index is 12.3. The van der Waals surface area contributed by atoms with Crippen LogP contribution >= 0.6 is 0 Å². The van der Waals surface area contributed by atoms with E-state index >= 15 is 0 Å². The van der Waals surface area contributed by atoms with Gasteiger partial charge in [-0.15, -0.1) is 10.2 Å². The highest BCUT2D eigenvalue weighted by Crippen LogP contribution is 2.22. The van der Waals surface area contributed by atoms with E-state index in [1.807, 2.05) is 68.4 Å². The molecule has 0 aliphatic carbocycles. The first kappa shape index (κ1) is 19.9. The minimum atomic E-state index is -0.267. The summed E-state index contributed by atoms with van der Waals surface area (Å²) in [5.41, 5.74) is 5.62. The first-order valence-electron chi connectivity index (χ1n) is 10.4. The highest BCUT2D eigenvalue weighted by Gasteiger charge is 2.13. The molecule has 6 nitrogen and oxygen atoms in total. The van der Waals surface area contributed by atoms with E-state index in [9.17, 15) is 4.79 Å². The molecule has 0 atom stereocenters. The van der Waals surface area contributed by atoms with Crippen LogP contribution < -0.4 is 15.5 Å². The number of rotatable bonds is 4. The van der Waals surface area contributed by atoms with Crippen LogP contribution in [0.5, 0.6) is 0 Å². The molecule has 2 aromatic carbocycles. The number of carbonyl (C=O) groups excluding carboxylic acids is 1. The summed E-state index contributed by atoms with van der Waals surface area (Å²) in [5.74, 6) is 0.944. The predicted molar refractivity (Wildman–Crippen MR) is 122 cm³/mol. The van der Waals surface area contributed by atoms with E-state index in [0.29, 0.717) is 0 Å². The summed E-state index contributed by atoms with van der Waals surface area (Å²) in [4.78, 5) is 14.6. The van der Waals surface area contributed by atoms with Crippen LogP contribution in [0.4, 0.5) is 22.0 Å². The summed E-state index contributed by atoms with van der Waals surface area (Å²) in [5, 5.41) is 14.5. The summed E-state index contributed by atoms with van der Waals surface area (Å²) in [6.45, 7) is 6.18. The molecular weight excluding hydrogens is 374 g/mol. The van der Waals surface area contributed by atoms with E-state index < -0.39 is 0 Å². The second-order valence-corrected chi connectivity index (χ2v) is 7.78. The third kappa shape index (κ3) is 4.76. The van der Waals surface area contributed by atoms with Gasteiger partial charge >= 0.3 is 6.03 Å². The number of hydrogen-bond donors (Lipinski definition) is 2. The van der Waals surface area contributed by atoms with Gasteiger partial charge in [0.25, 0.3) is 0 Å². The molecule has 6 heteroatoms. The van der Waals surface area contributed by atoms with Gasteiger partial charge < -0.3 is 15.5 Å². The van der Waals surface area contributed by atoms with Gasteiger partial charge in [-0.05, 0) is 80.6 Å². The minimum Gasteiger partial charge on any atom is -0.355 e. The second-order valence-electron chi connectivity index (χ2n) is 7.78. The quantitative estimate of drug-likeness (QED) is 0.614. The lowest BCUT2D eigenvalue weighted by Gasteiger charge is -2.27. The third-order valence-electron chi connectivity index (χ3n) is 5.53. The Morgan fingerprint density at radius 1 is 0.800 bits per heavy atom. The number of carbonyl (C=O) groups is 1. The molecule has 2 N–H and O–H groups in total. The Balaban J connectivity index is 1.37. The van der Waals surface area contributed by atoms with Gasteiger partial charge in [0.2, 0.25) is 0 Å². The molecule has 4 rings (SSSR count). The average Bonchev–Trinajstić information content (AvgIpc) is 2.77. The van der Waals surface area contributed by atoms with Crippen LogP contribution in [0.15, 0.2) is 54.6 Å². The van der Waals surface area contributed by atoms with Crippen LogP contribution in [0.2, 0.25) is 0 Å². The van der Waals surface area contributed by atoms with E-state index in [1.165, 1.54) is 24.8 Å². The summed E-state index contributed by atoms with van der Waals surface area (Å²) >= 11 is 0. The molecular formula is C24H27N5O. The number of aryl methyl sites for hydroxylation is 2. The minimum absolute atomic E-state index is 0.267. The van der Waals surface area contributed by atoms with Crippen molar-refractivity contribution in [1.29, 1.82) is 0 Å². The monoisotopic (exact) mass is 401 g/mol. The molecule has 0 bridgehead atoms. The Kier molecular flexibility index (Phi) is 5.93. The van der Waals surface area contributed by atoms with Crippen LogP contribution in [-0.2, 0) is 0 Å². The molecule has 2 amide bonds. The van der Waals surface area contributed by atoms with Crippen LogP contribution in [0, 0.1) is 13.8 Å². The van der Waals surface area contributed by atoms with Crippen molar-refractivity contribution in [2.24, 2.45) is 0 Å². The number of amides is 2. The number of urea groups is 1. The summed E-state index contributed by atoms with van der Waals surface area (Å²) in [7, 11) is 0. The Morgan fingerprint density at radius 3 is 2.17 bits per heavy atom. The second kappa shape index (κ2) is 8.95. The summed E-state index contributed by atoms with van der Waals surface area (Å²) < 4.78 is 0. The van der Waals surface area contributed by atoms with E-state index in [0.717, 1.165) is 47.1 Å². The van der Waals surface area contributed by atoms with E-state index in [1.54, 1.807) is 0 Å². The zero-order chi connectivity index (χ0) is 20.9. The maximum Gasteiger partial charge on any atom is 0.323 e. The SMILES string of the molecule is Cc1ccc(NC(=O)Nc2ccc(-c3ccc(N4CCCCC4)nn3)cc2)cc1C. The van der Waals surface area contributed by atoms with Crippen molar-refractivity contribution in [2.45, 2.75) is 33.1 Å². The first-order valence-corrected chi connectivity index (χ1v) is 10.4. The van der Waals surface area contributed by atoms with Gasteiger partial charge in [-0.3, -0.25) is 0 Å². The number of anilines is 3. The first-order chi connectivity index (χ1) is 14.6. The average molecular weight is 402 g/mol. The van der Waals surface area contributed by atoms with Crippen LogP contribution in [0.25, 0.3) is 11.3 Å². The smallest absolute Gasteiger partial charge is 0.323 e. The van der Waals surface area contributed by atoms with Gasteiger partial charge in [0.05, 0.1) is 5.69 Å². The lowest BCUT2D eigenvalue weighted by Crippen LogP contribution is -2.30. The summed E-state index contributed by atoms with van der Waals surface area (Å²) in [6, 6.07) is 17.3. The fourth-order valence-electron chi connectivity index (χ4n) is 3.61. The molecule has 0 radical (unpaired) electrons. The van der Waals surface area contributed by atoms with Crippen LogP contribution in [0.3, 0.4) is 0 Å². The Hall–Kier alpha value is -3.41. The molecule has 1 fully saturated rings. The molecule has 1 aromatic heterocycles. The molecule has 1 saturated heterocycles. The summed E-state index contributed by atoms with van der Waals surface area (Å²) in [6.07, 6.45) is 3.73. The molecule has 1 aliphatic rings. The van der Waals surface area contributed by atoms with Crippen molar-refractivity contribution >= 4 is 23.2 Å². The maximum absolute atomic E-state index is 12.3. The zero-order valence-corrected chi connectivity index (χ0v) is 17.5. The Labute approximate surface area is 177 Å². The normalized spacial score (nSPS) is 13.7.